The summed E-state index contributed by atoms with van der Waals surface area (Å²) in [5, 5.41) is 18.3. The molecule has 0 aromatic heterocycles. The number of carboxylic acids is 1. The molecule has 0 aliphatic carbocycles. The third-order valence-corrected chi connectivity index (χ3v) is 3.38. The van der Waals surface area contributed by atoms with Crippen molar-refractivity contribution in [3.05, 3.63) is 29.3 Å². The molecule has 1 aromatic rings. The molecule has 1 aliphatic heterocycles. The fourth-order valence-corrected chi connectivity index (χ4v) is 2.53. The summed E-state index contributed by atoms with van der Waals surface area (Å²) < 4.78 is 5.53. The zero-order valence-corrected chi connectivity index (χ0v) is 11.4. The monoisotopic (exact) mass is 279 g/mol. The fourth-order valence-electron chi connectivity index (χ4n) is 2.53. The van der Waals surface area contributed by atoms with Gasteiger partial charge in [0.05, 0.1) is 18.2 Å². The van der Waals surface area contributed by atoms with Crippen molar-refractivity contribution in [2.75, 3.05) is 13.2 Å². The number of rotatable bonds is 2. The summed E-state index contributed by atoms with van der Waals surface area (Å²) in [6.45, 7) is 4.34. The van der Waals surface area contributed by atoms with Gasteiger partial charge in [-0.15, -0.1) is 0 Å². The summed E-state index contributed by atoms with van der Waals surface area (Å²) in [5.41, 5.74) is 0.847. The summed E-state index contributed by atoms with van der Waals surface area (Å²) in [6, 6.07) is 4.24. The Labute approximate surface area is 116 Å². The lowest BCUT2D eigenvalue weighted by atomic mass is 9.93. The number of carbonyl (C=O) groups is 2. The average molecular weight is 279 g/mol. The number of fused-ring (bicyclic) bond motifs is 1. The molecule has 0 bridgehead atoms. The minimum atomic E-state index is -1.03. The second-order valence-electron chi connectivity index (χ2n) is 5.07. The summed E-state index contributed by atoms with van der Waals surface area (Å²) in [4.78, 5) is 23.7. The molecule has 1 aliphatic rings. The smallest absolute Gasteiger partial charge is 0.407 e. The van der Waals surface area contributed by atoms with E-state index in [4.69, 9.17) is 9.84 Å². The van der Waals surface area contributed by atoms with Crippen LogP contribution in [0, 0.1) is 5.92 Å². The van der Waals surface area contributed by atoms with Crippen molar-refractivity contribution in [3.63, 3.8) is 0 Å². The van der Waals surface area contributed by atoms with Crippen LogP contribution in [0.5, 0.6) is 5.75 Å². The van der Waals surface area contributed by atoms with E-state index < -0.39 is 12.1 Å². The van der Waals surface area contributed by atoms with Crippen LogP contribution >= 0.6 is 0 Å². The molecule has 1 atom stereocenters. The normalized spacial score (nSPS) is 18.1. The maximum absolute atomic E-state index is 11.4. The van der Waals surface area contributed by atoms with Gasteiger partial charge in [-0.3, -0.25) is 4.90 Å². The van der Waals surface area contributed by atoms with E-state index in [1.807, 2.05) is 13.8 Å². The molecular formula is C14H17NO5. The van der Waals surface area contributed by atoms with Crippen molar-refractivity contribution in [3.8, 4) is 5.75 Å². The number of ether oxygens (including phenoxy) is 1. The molecule has 0 radical (unpaired) electrons. The molecule has 2 rings (SSSR count). The highest BCUT2D eigenvalue weighted by molar-refractivity contribution is 5.88. The Balaban J connectivity index is 2.51. The number of hydrogen-bond acceptors (Lipinski definition) is 3. The van der Waals surface area contributed by atoms with Crippen molar-refractivity contribution in [2.45, 2.75) is 19.9 Å². The van der Waals surface area contributed by atoms with E-state index in [-0.39, 0.29) is 30.7 Å². The third kappa shape index (κ3) is 2.54. The van der Waals surface area contributed by atoms with Crippen molar-refractivity contribution >= 4 is 12.1 Å². The number of hydrogen-bond donors (Lipinski definition) is 2. The molecule has 0 spiro atoms. The van der Waals surface area contributed by atoms with E-state index in [9.17, 15) is 14.7 Å². The van der Waals surface area contributed by atoms with Crippen molar-refractivity contribution < 1.29 is 24.5 Å². The minimum absolute atomic E-state index is 0.0576. The van der Waals surface area contributed by atoms with Crippen LogP contribution in [-0.4, -0.2) is 40.3 Å². The highest BCUT2D eigenvalue weighted by Crippen LogP contribution is 2.37. The van der Waals surface area contributed by atoms with Gasteiger partial charge in [0.15, 0.2) is 0 Å². The first kappa shape index (κ1) is 14.2. The molecule has 6 nitrogen and oxygen atoms in total. The van der Waals surface area contributed by atoms with Gasteiger partial charge in [-0.2, -0.15) is 0 Å². The van der Waals surface area contributed by atoms with Crippen LogP contribution in [0.1, 0.15) is 35.8 Å². The van der Waals surface area contributed by atoms with E-state index >= 15 is 0 Å². The van der Waals surface area contributed by atoms with Crippen LogP contribution < -0.4 is 4.74 Å². The number of aromatic carboxylic acids is 1. The average Bonchev–Trinajstić information content (AvgIpc) is 2.56. The molecule has 0 fully saturated rings. The lowest BCUT2D eigenvalue weighted by molar-refractivity contribution is 0.0696. The van der Waals surface area contributed by atoms with Crippen molar-refractivity contribution in [1.29, 1.82) is 0 Å². The van der Waals surface area contributed by atoms with Gasteiger partial charge >= 0.3 is 12.1 Å². The van der Waals surface area contributed by atoms with Gasteiger partial charge in [-0.25, -0.2) is 9.59 Å². The number of carboxylic acid groups (broad SMARTS) is 2. The maximum atomic E-state index is 11.4. The molecule has 20 heavy (non-hydrogen) atoms. The van der Waals surface area contributed by atoms with E-state index in [1.54, 1.807) is 6.07 Å². The highest BCUT2D eigenvalue weighted by Gasteiger charge is 2.32. The van der Waals surface area contributed by atoms with Gasteiger partial charge in [0, 0.05) is 5.56 Å². The number of benzene rings is 1. The van der Waals surface area contributed by atoms with Crippen molar-refractivity contribution in [1.82, 2.24) is 4.90 Å². The third-order valence-electron chi connectivity index (χ3n) is 3.38. The fraction of sp³-hybridized carbons (Fsp3) is 0.429. The lowest BCUT2D eigenvalue weighted by Crippen LogP contribution is -2.37. The van der Waals surface area contributed by atoms with E-state index in [0.717, 1.165) is 0 Å². The molecule has 1 aromatic carbocycles. The van der Waals surface area contributed by atoms with Crippen LogP contribution in [0.4, 0.5) is 4.79 Å². The number of amides is 1. The molecule has 1 unspecified atom stereocenters. The van der Waals surface area contributed by atoms with Crippen LogP contribution in [0.15, 0.2) is 18.2 Å². The van der Waals surface area contributed by atoms with Crippen LogP contribution in [0.3, 0.4) is 0 Å². The SMILES string of the molecule is CC(C)C1c2ccc(C(=O)O)cc2OCCN1C(=O)O. The van der Waals surface area contributed by atoms with Crippen LogP contribution in [-0.2, 0) is 0 Å². The van der Waals surface area contributed by atoms with E-state index in [2.05, 4.69) is 0 Å². The lowest BCUT2D eigenvalue weighted by Gasteiger charge is -2.30. The van der Waals surface area contributed by atoms with Gasteiger partial charge in [-0.05, 0) is 18.1 Å². The molecule has 1 amide bonds. The molecule has 0 saturated carbocycles. The topological polar surface area (TPSA) is 87.1 Å². The molecular weight excluding hydrogens is 262 g/mol. The second-order valence-corrected chi connectivity index (χ2v) is 5.07. The van der Waals surface area contributed by atoms with Gasteiger partial charge in [-0.1, -0.05) is 19.9 Å². The Bertz CT molecular complexity index is 540. The van der Waals surface area contributed by atoms with Crippen molar-refractivity contribution in [2.24, 2.45) is 5.92 Å². The minimum Gasteiger partial charge on any atom is -0.491 e. The molecule has 1 heterocycles. The predicted octanol–water partition coefficient (Wildman–Crippen LogP) is 2.45. The summed E-state index contributed by atoms with van der Waals surface area (Å²) in [6.07, 6.45) is -0.998. The van der Waals surface area contributed by atoms with Gasteiger partial charge in [0.25, 0.3) is 0 Å². The maximum Gasteiger partial charge on any atom is 0.407 e. The Morgan fingerprint density at radius 2 is 2.05 bits per heavy atom. The standard InChI is InChI=1S/C14H17NO5/c1-8(2)12-10-4-3-9(13(16)17)7-11(10)20-6-5-15(12)14(18)19/h3-4,7-8,12H,5-6H2,1-2H3,(H,16,17)(H,18,19). The number of nitrogens with zero attached hydrogens (tertiary/aromatic N) is 1. The summed E-state index contributed by atoms with van der Waals surface area (Å²) in [5.74, 6) is -0.522. The predicted molar refractivity (Wildman–Crippen MR) is 71.2 cm³/mol. The van der Waals surface area contributed by atoms with Crippen LogP contribution in [0.2, 0.25) is 0 Å². The van der Waals surface area contributed by atoms with Gasteiger partial charge < -0.3 is 14.9 Å². The Hall–Kier alpha value is -2.24. The quantitative estimate of drug-likeness (QED) is 0.868. The molecule has 0 saturated heterocycles. The first-order valence-electron chi connectivity index (χ1n) is 6.41. The highest BCUT2D eigenvalue weighted by atomic mass is 16.5. The first-order chi connectivity index (χ1) is 9.41. The second kappa shape index (κ2) is 5.40. The zero-order valence-electron chi connectivity index (χ0n) is 11.4. The Morgan fingerprint density at radius 3 is 2.60 bits per heavy atom. The van der Waals surface area contributed by atoms with Crippen LogP contribution in [0.25, 0.3) is 0 Å². The Morgan fingerprint density at radius 1 is 1.35 bits per heavy atom. The van der Waals surface area contributed by atoms with E-state index in [1.165, 1.54) is 17.0 Å². The first-order valence-corrected chi connectivity index (χ1v) is 6.41. The Kier molecular flexibility index (Phi) is 3.83. The van der Waals surface area contributed by atoms with Gasteiger partial charge in [0.1, 0.15) is 12.4 Å². The molecule has 6 heteroatoms. The largest absolute Gasteiger partial charge is 0.491 e. The van der Waals surface area contributed by atoms with Gasteiger partial charge in [0.2, 0.25) is 0 Å². The summed E-state index contributed by atoms with van der Waals surface area (Å²) >= 11 is 0. The van der Waals surface area contributed by atoms with E-state index in [0.29, 0.717) is 11.3 Å². The molecule has 108 valence electrons. The summed E-state index contributed by atoms with van der Waals surface area (Å²) in [7, 11) is 0. The molecule has 2 N–H and O–H groups in total. The zero-order chi connectivity index (χ0) is 14.9.